The van der Waals surface area contributed by atoms with Crippen molar-refractivity contribution in [3.8, 4) is 0 Å². The predicted octanol–water partition coefficient (Wildman–Crippen LogP) is 1.02. The molecular weight excluding hydrogens is 225 g/mol. The molecule has 2 heterocycles. The van der Waals surface area contributed by atoms with Gasteiger partial charge in [0.15, 0.2) is 0 Å². The van der Waals surface area contributed by atoms with E-state index in [1.165, 1.54) is 6.07 Å². The lowest BCUT2D eigenvalue weighted by molar-refractivity contribution is 0.0919. The third-order valence-corrected chi connectivity index (χ3v) is 2.78. The molecule has 4 nitrogen and oxygen atoms in total. The van der Waals surface area contributed by atoms with Crippen LogP contribution in [0.15, 0.2) is 6.07 Å². The molecule has 1 fully saturated rings. The lowest BCUT2D eigenvalue weighted by Gasteiger charge is -2.27. The number of rotatable bonds is 2. The van der Waals surface area contributed by atoms with Crippen molar-refractivity contribution in [2.45, 2.75) is 6.04 Å². The van der Waals surface area contributed by atoms with Crippen LogP contribution in [0.2, 0.25) is 10.2 Å². The number of halogens is 2. The molecule has 0 saturated carbocycles. The Hall–Kier alpha value is -0.710. The highest BCUT2D eigenvalue weighted by Gasteiger charge is 2.20. The molecule has 2 rings (SSSR count). The van der Waals surface area contributed by atoms with Gasteiger partial charge in [0.25, 0.3) is 5.91 Å². The first-order chi connectivity index (χ1) is 6.66. The summed E-state index contributed by atoms with van der Waals surface area (Å²) in [7, 11) is 0. The van der Waals surface area contributed by atoms with Crippen molar-refractivity contribution in [1.82, 2.24) is 15.6 Å². The molecule has 0 aliphatic carbocycles. The van der Waals surface area contributed by atoms with E-state index in [0.29, 0.717) is 15.9 Å². The first-order valence-electron chi connectivity index (χ1n) is 4.22. The predicted molar refractivity (Wildman–Crippen MR) is 54.9 cm³/mol. The van der Waals surface area contributed by atoms with Gasteiger partial charge in [0.2, 0.25) is 0 Å². The minimum atomic E-state index is -0.176. The van der Waals surface area contributed by atoms with E-state index in [1.807, 2.05) is 0 Å². The number of carbonyl (C=O) groups excluding carboxylic acids is 1. The maximum atomic E-state index is 11.5. The molecule has 1 aromatic rings. The molecule has 76 valence electrons. The van der Waals surface area contributed by atoms with E-state index in [2.05, 4.69) is 15.6 Å². The molecule has 3 N–H and O–H groups in total. The summed E-state index contributed by atoms with van der Waals surface area (Å²) in [6.45, 7) is 1.63. The van der Waals surface area contributed by atoms with E-state index in [4.69, 9.17) is 23.2 Å². The molecule has 14 heavy (non-hydrogen) atoms. The molecular formula is C8H9Cl2N3O. The van der Waals surface area contributed by atoms with Gasteiger partial charge in [-0.1, -0.05) is 23.2 Å². The van der Waals surface area contributed by atoms with Crippen LogP contribution in [0.5, 0.6) is 0 Å². The van der Waals surface area contributed by atoms with Crippen molar-refractivity contribution < 1.29 is 4.79 Å². The van der Waals surface area contributed by atoms with Crippen LogP contribution in [0.1, 0.15) is 10.5 Å². The molecule has 1 aromatic heterocycles. The first kappa shape index (κ1) is 9.83. The maximum Gasteiger partial charge on any atom is 0.268 e. The second-order valence-corrected chi connectivity index (χ2v) is 3.96. The third kappa shape index (κ3) is 1.87. The second-order valence-electron chi connectivity index (χ2n) is 3.17. The van der Waals surface area contributed by atoms with Crippen molar-refractivity contribution in [2.75, 3.05) is 13.1 Å². The van der Waals surface area contributed by atoms with Crippen LogP contribution in [0.3, 0.4) is 0 Å². The Bertz CT molecular complexity index is 340. The minimum Gasteiger partial charge on any atom is -0.345 e. The summed E-state index contributed by atoms with van der Waals surface area (Å²) in [5.74, 6) is -0.176. The Morgan fingerprint density at radius 3 is 2.64 bits per heavy atom. The Labute approximate surface area is 91.0 Å². The SMILES string of the molecule is O=C(NC1CNC1)c1cc(Cl)c(Cl)[nH]1. The number of hydrogen-bond donors (Lipinski definition) is 3. The van der Waals surface area contributed by atoms with Crippen molar-refractivity contribution in [3.05, 3.63) is 21.9 Å². The molecule has 1 aliphatic rings. The van der Waals surface area contributed by atoms with Crippen LogP contribution in [0.4, 0.5) is 0 Å². The monoisotopic (exact) mass is 233 g/mol. The van der Waals surface area contributed by atoms with Gasteiger partial charge in [0.1, 0.15) is 10.8 Å². The highest BCUT2D eigenvalue weighted by Crippen LogP contribution is 2.21. The van der Waals surface area contributed by atoms with Gasteiger partial charge in [-0.2, -0.15) is 0 Å². The molecule has 0 spiro atoms. The van der Waals surface area contributed by atoms with Crippen molar-refractivity contribution in [3.63, 3.8) is 0 Å². The van der Waals surface area contributed by atoms with Gasteiger partial charge in [-0.3, -0.25) is 4.79 Å². The van der Waals surface area contributed by atoms with Crippen molar-refractivity contribution >= 4 is 29.1 Å². The summed E-state index contributed by atoms with van der Waals surface area (Å²) in [5, 5.41) is 6.54. The fraction of sp³-hybridized carbons (Fsp3) is 0.375. The molecule has 0 aromatic carbocycles. The van der Waals surface area contributed by atoms with Crippen molar-refractivity contribution in [2.24, 2.45) is 0 Å². The molecule has 0 bridgehead atoms. The van der Waals surface area contributed by atoms with Crippen LogP contribution in [0.25, 0.3) is 0 Å². The zero-order valence-electron chi connectivity index (χ0n) is 7.23. The normalized spacial score (nSPS) is 16.4. The van der Waals surface area contributed by atoms with Gasteiger partial charge in [0, 0.05) is 13.1 Å². The van der Waals surface area contributed by atoms with Gasteiger partial charge in [-0.25, -0.2) is 0 Å². The largest absolute Gasteiger partial charge is 0.345 e. The fourth-order valence-corrected chi connectivity index (χ4v) is 1.49. The zero-order valence-corrected chi connectivity index (χ0v) is 8.74. The molecule has 1 saturated heterocycles. The van der Waals surface area contributed by atoms with E-state index in [1.54, 1.807) is 0 Å². The Balaban J connectivity index is 2.02. The number of carbonyl (C=O) groups is 1. The van der Waals surface area contributed by atoms with Crippen LogP contribution < -0.4 is 10.6 Å². The van der Waals surface area contributed by atoms with Gasteiger partial charge in [-0.15, -0.1) is 0 Å². The van der Waals surface area contributed by atoms with Crippen LogP contribution in [0, 0.1) is 0 Å². The molecule has 6 heteroatoms. The number of aromatic nitrogens is 1. The van der Waals surface area contributed by atoms with E-state index < -0.39 is 0 Å². The average Bonchev–Trinajstić information content (AvgIpc) is 2.40. The lowest BCUT2D eigenvalue weighted by atomic mass is 10.2. The quantitative estimate of drug-likeness (QED) is 0.715. The number of H-pyrrole nitrogens is 1. The summed E-state index contributed by atoms with van der Waals surface area (Å²) in [6.07, 6.45) is 0. The maximum absolute atomic E-state index is 11.5. The molecule has 1 amide bonds. The van der Waals surface area contributed by atoms with E-state index in [0.717, 1.165) is 13.1 Å². The Morgan fingerprint density at radius 1 is 1.50 bits per heavy atom. The highest BCUT2D eigenvalue weighted by atomic mass is 35.5. The highest BCUT2D eigenvalue weighted by molar-refractivity contribution is 6.41. The molecule has 0 radical (unpaired) electrons. The first-order valence-corrected chi connectivity index (χ1v) is 4.98. The standard InChI is InChI=1S/C8H9Cl2N3O/c9-5-1-6(13-7(5)10)8(14)12-4-2-11-3-4/h1,4,11,13H,2-3H2,(H,12,14). The van der Waals surface area contributed by atoms with Gasteiger partial charge in [-0.05, 0) is 6.07 Å². The average molecular weight is 234 g/mol. The van der Waals surface area contributed by atoms with E-state index in [-0.39, 0.29) is 11.9 Å². The summed E-state index contributed by atoms with van der Waals surface area (Å²) in [4.78, 5) is 14.2. The number of hydrogen-bond acceptors (Lipinski definition) is 2. The van der Waals surface area contributed by atoms with Gasteiger partial charge < -0.3 is 15.6 Å². The Morgan fingerprint density at radius 2 is 2.21 bits per heavy atom. The molecule has 1 aliphatic heterocycles. The van der Waals surface area contributed by atoms with Crippen molar-refractivity contribution in [1.29, 1.82) is 0 Å². The summed E-state index contributed by atoms with van der Waals surface area (Å²) >= 11 is 11.4. The number of nitrogens with one attached hydrogen (secondary N) is 3. The zero-order chi connectivity index (χ0) is 10.1. The number of amides is 1. The minimum absolute atomic E-state index is 0.176. The van der Waals surface area contributed by atoms with Crippen LogP contribution in [-0.2, 0) is 0 Å². The fourth-order valence-electron chi connectivity index (χ4n) is 1.18. The van der Waals surface area contributed by atoms with Gasteiger partial charge in [0.05, 0.1) is 11.1 Å². The molecule has 0 unspecified atom stereocenters. The smallest absolute Gasteiger partial charge is 0.268 e. The molecule has 0 atom stereocenters. The number of aromatic amines is 1. The second kappa shape index (κ2) is 3.81. The van der Waals surface area contributed by atoms with Crippen LogP contribution >= 0.6 is 23.2 Å². The summed E-state index contributed by atoms with van der Waals surface area (Å²) in [6, 6.07) is 1.73. The van der Waals surface area contributed by atoms with Gasteiger partial charge >= 0.3 is 0 Å². The van der Waals surface area contributed by atoms with E-state index in [9.17, 15) is 4.79 Å². The Kier molecular flexibility index (Phi) is 2.67. The van der Waals surface area contributed by atoms with Crippen LogP contribution in [-0.4, -0.2) is 30.0 Å². The van der Waals surface area contributed by atoms with E-state index >= 15 is 0 Å². The topological polar surface area (TPSA) is 56.9 Å². The summed E-state index contributed by atoms with van der Waals surface area (Å²) < 4.78 is 0. The lowest BCUT2D eigenvalue weighted by Crippen LogP contribution is -2.56. The third-order valence-electron chi connectivity index (χ3n) is 2.09. The summed E-state index contributed by atoms with van der Waals surface area (Å²) in [5.41, 5.74) is 0.395.